The zero-order valence-corrected chi connectivity index (χ0v) is 13.6. The van der Waals surface area contributed by atoms with E-state index in [1.54, 1.807) is 0 Å². The number of rotatable bonds is 4. The van der Waals surface area contributed by atoms with Crippen molar-refractivity contribution >= 4 is 11.5 Å². The number of carbonyl (C=O) groups excluding carboxylic acids is 1. The number of piperidine rings is 1. The summed E-state index contributed by atoms with van der Waals surface area (Å²) in [6.07, 6.45) is 4.90. The van der Waals surface area contributed by atoms with Crippen LogP contribution in [0.25, 0.3) is 0 Å². The minimum Gasteiger partial charge on any atom is -0.486 e. The smallest absolute Gasteiger partial charge is 0.179 e. The number of carbonyl (C=O) groups is 1. The van der Waals surface area contributed by atoms with E-state index in [0.717, 1.165) is 43.1 Å². The van der Waals surface area contributed by atoms with Gasteiger partial charge >= 0.3 is 0 Å². The van der Waals surface area contributed by atoms with Gasteiger partial charge in [0.25, 0.3) is 0 Å². The summed E-state index contributed by atoms with van der Waals surface area (Å²) < 4.78 is 5.91. The van der Waals surface area contributed by atoms with Crippen LogP contribution in [0.5, 0.6) is 5.75 Å². The van der Waals surface area contributed by atoms with Crippen molar-refractivity contribution in [1.29, 1.82) is 0 Å². The first kappa shape index (κ1) is 15.3. The van der Waals surface area contributed by atoms with Crippen molar-refractivity contribution in [3.05, 3.63) is 23.8 Å². The summed E-state index contributed by atoms with van der Waals surface area (Å²) in [5.41, 5.74) is 1.73. The molecule has 120 valence electrons. The fraction of sp³-hybridized carbons (Fsp3) is 0.611. The zero-order valence-electron chi connectivity index (χ0n) is 13.6. The average Bonchev–Trinajstić information content (AvgIpc) is 2.60. The zero-order chi connectivity index (χ0) is 15.5. The first-order valence-corrected chi connectivity index (χ1v) is 8.52. The minimum absolute atomic E-state index is 0.0359. The number of hydrogen-bond donors (Lipinski definition) is 1. The Morgan fingerprint density at radius 1 is 1.36 bits per heavy atom. The van der Waals surface area contributed by atoms with Gasteiger partial charge in [-0.1, -0.05) is 13.3 Å². The number of benzene rings is 1. The summed E-state index contributed by atoms with van der Waals surface area (Å²) in [4.78, 5) is 15.0. The number of likely N-dealkylation sites (tertiary alicyclic amines) is 1. The molecule has 2 unspecified atom stereocenters. The SMILES string of the molecule is CCC1CNc2cc(C(=O)C(C)N3CCCCC3)ccc2O1. The summed E-state index contributed by atoms with van der Waals surface area (Å²) in [6, 6.07) is 5.75. The van der Waals surface area contributed by atoms with Crippen molar-refractivity contribution in [3.63, 3.8) is 0 Å². The molecule has 1 saturated heterocycles. The second-order valence-corrected chi connectivity index (χ2v) is 6.38. The molecule has 2 heterocycles. The standard InChI is InChI=1S/C18H26N2O2/c1-3-15-12-19-16-11-14(7-8-17(16)22-15)18(21)13(2)20-9-5-4-6-10-20/h7-8,11,13,15,19H,3-6,9-10,12H2,1-2H3. The van der Waals surface area contributed by atoms with E-state index in [0.29, 0.717) is 0 Å². The lowest BCUT2D eigenvalue weighted by Gasteiger charge is -2.32. The molecule has 22 heavy (non-hydrogen) atoms. The van der Waals surface area contributed by atoms with Crippen molar-refractivity contribution < 1.29 is 9.53 Å². The molecule has 2 aliphatic rings. The van der Waals surface area contributed by atoms with Crippen LogP contribution in [-0.2, 0) is 0 Å². The lowest BCUT2D eigenvalue weighted by atomic mass is 10.0. The Kier molecular flexibility index (Phi) is 4.67. The van der Waals surface area contributed by atoms with E-state index in [4.69, 9.17) is 4.74 Å². The van der Waals surface area contributed by atoms with E-state index in [9.17, 15) is 4.79 Å². The van der Waals surface area contributed by atoms with Gasteiger partial charge in [0.2, 0.25) is 0 Å². The third-order valence-electron chi connectivity index (χ3n) is 4.85. The summed E-state index contributed by atoms with van der Waals surface area (Å²) in [7, 11) is 0. The second-order valence-electron chi connectivity index (χ2n) is 6.38. The van der Waals surface area contributed by atoms with Crippen LogP contribution in [-0.4, -0.2) is 42.5 Å². The fourth-order valence-electron chi connectivity index (χ4n) is 3.31. The maximum Gasteiger partial charge on any atom is 0.179 e. The van der Waals surface area contributed by atoms with Gasteiger partial charge in [0, 0.05) is 5.56 Å². The Morgan fingerprint density at radius 2 is 2.14 bits per heavy atom. The van der Waals surface area contributed by atoms with E-state index in [-0.39, 0.29) is 17.9 Å². The average molecular weight is 302 g/mol. The number of nitrogens with one attached hydrogen (secondary N) is 1. The highest BCUT2D eigenvalue weighted by atomic mass is 16.5. The van der Waals surface area contributed by atoms with Crippen LogP contribution in [0.3, 0.4) is 0 Å². The third-order valence-corrected chi connectivity index (χ3v) is 4.85. The van der Waals surface area contributed by atoms with Gasteiger partial charge in [-0.15, -0.1) is 0 Å². The molecule has 0 bridgehead atoms. The van der Waals surface area contributed by atoms with Gasteiger partial charge < -0.3 is 10.1 Å². The molecule has 2 atom stereocenters. The molecule has 0 radical (unpaired) electrons. The molecule has 2 aliphatic heterocycles. The van der Waals surface area contributed by atoms with Crippen molar-refractivity contribution in [2.45, 2.75) is 51.7 Å². The van der Waals surface area contributed by atoms with Gasteiger partial charge in [0.1, 0.15) is 11.9 Å². The predicted octanol–water partition coefficient (Wildman–Crippen LogP) is 3.33. The van der Waals surface area contributed by atoms with Crippen molar-refractivity contribution in [1.82, 2.24) is 4.90 Å². The van der Waals surface area contributed by atoms with Crippen molar-refractivity contribution in [3.8, 4) is 5.75 Å². The van der Waals surface area contributed by atoms with Gasteiger partial charge in [0.05, 0.1) is 18.3 Å². The normalized spacial score (nSPS) is 23.1. The van der Waals surface area contributed by atoms with Crippen LogP contribution in [0.15, 0.2) is 18.2 Å². The molecule has 1 fully saturated rings. The molecule has 0 spiro atoms. The molecule has 0 aromatic heterocycles. The molecule has 1 aromatic carbocycles. The Morgan fingerprint density at radius 3 is 2.86 bits per heavy atom. The molecule has 1 N–H and O–H groups in total. The van der Waals surface area contributed by atoms with Crippen LogP contribution in [0, 0.1) is 0 Å². The summed E-state index contributed by atoms with van der Waals surface area (Å²) in [5, 5.41) is 3.39. The lowest BCUT2D eigenvalue weighted by molar-refractivity contribution is 0.0809. The quantitative estimate of drug-likeness (QED) is 0.866. The molecule has 0 saturated carbocycles. The Labute approximate surface area is 132 Å². The molecule has 1 aromatic rings. The van der Waals surface area contributed by atoms with Crippen LogP contribution >= 0.6 is 0 Å². The molecule has 4 nitrogen and oxygen atoms in total. The van der Waals surface area contributed by atoms with E-state index in [2.05, 4.69) is 17.1 Å². The number of nitrogens with zero attached hydrogens (tertiary/aromatic N) is 1. The van der Waals surface area contributed by atoms with E-state index < -0.39 is 0 Å². The van der Waals surface area contributed by atoms with Crippen LogP contribution in [0.1, 0.15) is 49.9 Å². The summed E-state index contributed by atoms with van der Waals surface area (Å²) >= 11 is 0. The number of ketones is 1. The minimum atomic E-state index is -0.0359. The number of Topliss-reactive ketones (excluding diaryl/α,β-unsaturated/α-hetero) is 1. The highest BCUT2D eigenvalue weighted by molar-refractivity contribution is 6.01. The maximum absolute atomic E-state index is 12.7. The van der Waals surface area contributed by atoms with E-state index >= 15 is 0 Å². The first-order chi connectivity index (χ1) is 10.7. The molecule has 0 amide bonds. The van der Waals surface area contributed by atoms with Gasteiger partial charge in [-0.05, 0) is 57.5 Å². The van der Waals surface area contributed by atoms with Crippen LogP contribution < -0.4 is 10.1 Å². The largest absolute Gasteiger partial charge is 0.486 e. The molecule has 3 rings (SSSR count). The third kappa shape index (κ3) is 3.12. The van der Waals surface area contributed by atoms with Crippen LogP contribution in [0.4, 0.5) is 5.69 Å². The van der Waals surface area contributed by atoms with Gasteiger partial charge in [0.15, 0.2) is 5.78 Å². The van der Waals surface area contributed by atoms with Crippen molar-refractivity contribution in [2.75, 3.05) is 25.0 Å². The topological polar surface area (TPSA) is 41.6 Å². The van der Waals surface area contributed by atoms with E-state index in [1.807, 2.05) is 25.1 Å². The Balaban J connectivity index is 1.73. The first-order valence-electron chi connectivity index (χ1n) is 8.52. The summed E-state index contributed by atoms with van der Waals surface area (Å²) in [6.45, 7) is 7.04. The number of hydrogen-bond acceptors (Lipinski definition) is 4. The number of fused-ring (bicyclic) bond motifs is 1. The van der Waals surface area contributed by atoms with Gasteiger partial charge in [-0.2, -0.15) is 0 Å². The maximum atomic E-state index is 12.7. The molecular weight excluding hydrogens is 276 g/mol. The van der Waals surface area contributed by atoms with E-state index in [1.165, 1.54) is 19.3 Å². The summed E-state index contributed by atoms with van der Waals surface area (Å²) in [5.74, 6) is 1.07. The van der Waals surface area contributed by atoms with Crippen LogP contribution in [0.2, 0.25) is 0 Å². The Bertz CT molecular complexity index is 538. The monoisotopic (exact) mass is 302 g/mol. The Hall–Kier alpha value is -1.55. The molecular formula is C18H26N2O2. The second kappa shape index (κ2) is 6.69. The number of anilines is 1. The van der Waals surface area contributed by atoms with Gasteiger partial charge in [-0.25, -0.2) is 0 Å². The van der Waals surface area contributed by atoms with Gasteiger partial charge in [-0.3, -0.25) is 9.69 Å². The fourth-order valence-corrected chi connectivity index (χ4v) is 3.31. The lowest BCUT2D eigenvalue weighted by Crippen LogP contribution is -2.42. The predicted molar refractivity (Wildman–Crippen MR) is 88.9 cm³/mol. The highest BCUT2D eigenvalue weighted by Crippen LogP contribution is 2.31. The molecule has 0 aliphatic carbocycles. The number of ether oxygens (including phenoxy) is 1. The molecule has 4 heteroatoms. The van der Waals surface area contributed by atoms with Crippen molar-refractivity contribution in [2.24, 2.45) is 0 Å². The highest BCUT2D eigenvalue weighted by Gasteiger charge is 2.25.